The standard InChI is InChI=1S/C21H24BrN3O2/c1-3-24-13-15(22)10-20(24)21(26)25-8-6-14(7-9-25)18-12-23-19-5-4-16(27-2)11-17(18)19/h4-5,10-14,23H,3,6-9H2,1-2H3. The second kappa shape index (κ2) is 7.43. The molecule has 1 N–H and O–H groups in total. The summed E-state index contributed by atoms with van der Waals surface area (Å²) in [5.74, 6) is 1.46. The van der Waals surface area contributed by atoms with E-state index in [1.54, 1.807) is 7.11 Å². The van der Waals surface area contributed by atoms with E-state index < -0.39 is 0 Å². The van der Waals surface area contributed by atoms with Crippen LogP contribution in [0.3, 0.4) is 0 Å². The van der Waals surface area contributed by atoms with Crippen LogP contribution in [-0.2, 0) is 6.54 Å². The molecule has 0 aliphatic carbocycles. The normalized spacial score (nSPS) is 15.4. The van der Waals surface area contributed by atoms with Gasteiger partial charge in [-0.05, 0) is 71.4 Å². The first-order valence-electron chi connectivity index (χ1n) is 9.40. The van der Waals surface area contributed by atoms with Gasteiger partial charge in [-0.3, -0.25) is 4.79 Å². The monoisotopic (exact) mass is 429 g/mol. The first kappa shape index (κ1) is 18.2. The summed E-state index contributed by atoms with van der Waals surface area (Å²) in [7, 11) is 1.70. The molecule has 1 aliphatic heterocycles. The Bertz CT molecular complexity index is 967. The largest absolute Gasteiger partial charge is 0.497 e. The minimum absolute atomic E-state index is 0.126. The molecule has 0 bridgehead atoms. The minimum atomic E-state index is 0.126. The lowest BCUT2D eigenvalue weighted by molar-refractivity contribution is 0.0702. The zero-order valence-corrected chi connectivity index (χ0v) is 17.3. The number of rotatable bonds is 4. The summed E-state index contributed by atoms with van der Waals surface area (Å²) in [6.07, 6.45) is 6.04. The number of benzene rings is 1. The molecule has 5 nitrogen and oxygen atoms in total. The lowest BCUT2D eigenvalue weighted by atomic mass is 9.89. The maximum Gasteiger partial charge on any atom is 0.270 e. The van der Waals surface area contributed by atoms with E-state index >= 15 is 0 Å². The highest BCUT2D eigenvalue weighted by Crippen LogP contribution is 2.35. The SMILES string of the molecule is CCn1cc(Br)cc1C(=O)N1CCC(c2c[nH]c3ccc(OC)cc23)CC1. The van der Waals surface area contributed by atoms with Gasteiger partial charge in [-0.2, -0.15) is 0 Å². The molecule has 1 aromatic carbocycles. The van der Waals surface area contributed by atoms with E-state index in [2.05, 4.69) is 46.2 Å². The van der Waals surface area contributed by atoms with E-state index in [1.165, 1.54) is 10.9 Å². The smallest absolute Gasteiger partial charge is 0.270 e. The number of halogens is 1. The van der Waals surface area contributed by atoms with Crippen LogP contribution in [0.5, 0.6) is 5.75 Å². The summed E-state index contributed by atoms with van der Waals surface area (Å²) in [6.45, 7) is 4.42. The highest BCUT2D eigenvalue weighted by Gasteiger charge is 2.27. The van der Waals surface area contributed by atoms with Crippen LogP contribution >= 0.6 is 15.9 Å². The number of aryl methyl sites for hydroxylation is 1. The Balaban J connectivity index is 1.50. The Morgan fingerprint density at radius 1 is 1.30 bits per heavy atom. The number of methoxy groups -OCH3 is 1. The molecule has 1 fully saturated rings. The summed E-state index contributed by atoms with van der Waals surface area (Å²) in [4.78, 5) is 18.3. The number of fused-ring (bicyclic) bond motifs is 1. The van der Waals surface area contributed by atoms with Gasteiger partial charge >= 0.3 is 0 Å². The van der Waals surface area contributed by atoms with Gasteiger partial charge in [0, 0.05) is 47.4 Å². The highest BCUT2D eigenvalue weighted by atomic mass is 79.9. The Morgan fingerprint density at radius 3 is 2.78 bits per heavy atom. The average molecular weight is 430 g/mol. The molecule has 6 heteroatoms. The summed E-state index contributed by atoms with van der Waals surface area (Å²) >= 11 is 3.48. The molecule has 0 unspecified atom stereocenters. The fourth-order valence-corrected chi connectivity index (χ4v) is 4.52. The molecule has 0 spiro atoms. The molecule has 0 atom stereocenters. The Morgan fingerprint density at radius 2 is 2.07 bits per heavy atom. The number of carbonyl (C=O) groups excluding carboxylic acids is 1. The van der Waals surface area contributed by atoms with Crippen LogP contribution in [0.4, 0.5) is 0 Å². The van der Waals surface area contributed by atoms with E-state index in [9.17, 15) is 4.79 Å². The highest BCUT2D eigenvalue weighted by molar-refractivity contribution is 9.10. The third-order valence-electron chi connectivity index (χ3n) is 5.57. The van der Waals surface area contributed by atoms with Crippen LogP contribution in [0.25, 0.3) is 10.9 Å². The molecule has 1 aliphatic rings. The van der Waals surface area contributed by atoms with Gasteiger partial charge in [0.25, 0.3) is 5.91 Å². The van der Waals surface area contributed by atoms with Gasteiger partial charge in [0.15, 0.2) is 0 Å². The fourth-order valence-electron chi connectivity index (χ4n) is 4.06. The molecular weight excluding hydrogens is 406 g/mol. The number of carbonyl (C=O) groups is 1. The van der Waals surface area contributed by atoms with E-state index in [4.69, 9.17) is 4.74 Å². The molecule has 142 valence electrons. The van der Waals surface area contributed by atoms with Crippen molar-refractivity contribution in [2.24, 2.45) is 0 Å². The molecule has 27 heavy (non-hydrogen) atoms. The van der Waals surface area contributed by atoms with Crippen molar-refractivity contribution in [2.45, 2.75) is 32.2 Å². The summed E-state index contributed by atoms with van der Waals surface area (Å²) < 4.78 is 8.34. The van der Waals surface area contributed by atoms with E-state index in [-0.39, 0.29) is 5.91 Å². The topological polar surface area (TPSA) is 50.3 Å². The molecule has 2 aromatic heterocycles. The molecule has 3 aromatic rings. The van der Waals surface area contributed by atoms with Gasteiger partial charge < -0.3 is 19.2 Å². The van der Waals surface area contributed by atoms with Crippen LogP contribution in [0.1, 0.15) is 41.7 Å². The molecule has 3 heterocycles. The van der Waals surface area contributed by atoms with Gasteiger partial charge in [0.1, 0.15) is 11.4 Å². The van der Waals surface area contributed by atoms with Crippen LogP contribution in [0.15, 0.2) is 41.1 Å². The van der Waals surface area contributed by atoms with Gasteiger partial charge in [0.05, 0.1) is 7.11 Å². The first-order chi connectivity index (χ1) is 13.1. The molecular formula is C21H24BrN3O2. The number of aromatic nitrogens is 2. The average Bonchev–Trinajstić information content (AvgIpc) is 3.30. The van der Waals surface area contributed by atoms with Gasteiger partial charge in [0.2, 0.25) is 0 Å². The predicted octanol–water partition coefficient (Wildman–Crippen LogP) is 4.78. The second-order valence-electron chi connectivity index (χ2n) is 7.05. The molecule has 1 amide bonds. The quantitative estimate of drug-likeness (QED) is 0.648. The predicted molar refractivity (Wildman–Crippen MR) is 111 cm³/mol. The molecule has 4 rings (SSSR count). The maximum absolute atomic E-state index is 12.9. The van der Waals surface area contributed by atoms with Crippen LogP contribution in [0, 0.1) is 0 Å². The van der Waals surface area contributed by atoms with Crippen molar-refractivity contribution in [3.8, 4) is 5.75 Å². The maximum atomic E-state index is 12.9. The van der Waals surface area contributed by atoms with Gasteiger partial charge in [-0.25, -0.2) is 0 Å². The number of nitrogens with one attached hydrogen (secondary N) is 1. The van der Waals surface area contributed by atoms with Crippen LogP contribution < -0.4 is 4.74 Å². The van der Waals surface area contributed by atoms with Crippen LogP contribution in [-0.4, -0.2) is 40.6 Å². The number of amides is 1. The Hall–Kier alpha value is -2.21. The number of piperidine rings is 1. The van der Waals surface area contributed by atoms with E-state index in [0.717, 1.165) is 53.9 Å². The third kappa shape index (κ3) is 3.38. The van der Waals surface area contributed by atoms with Gasteiger partial charge in [-0.15, -0.1) is 0 Å². The Kier molecular flexibility index (Phi) is 5.00. The molecule has 0 radical (unpaired) electrons. The summed E-state index contributed by atoms with van der Waals surface area (Å²) in [5, 5.41) is 1.22. The first-order valence-corrected chi connectivity index (χ1v) is 10.2. The lowest BCUT2D eigenvalue weighted by Crippen LogP contribution is -2.38. The number of likely N-dealkylation sites (tertiary alicyclic amines) is 1. The number of H-pyrrole nitrogens is 1. The Labute approximate surface area is 167 Å². The van der Waals surface area contributed by atoms with Crippen molar-refractivity contribution in [3.63, 3.8) is 0 Å². The minimum Gasteiger partial charge on any atom is -0.497 e. The van der Waals surface area contributed by atoms with Gasteiger partial charge in [-0.1, -0.05) is 0 Å². The van der Waals surface area contributed by atoms with Crippen molar-refractivity contribution < 1.29 is 9.53 Å². The number of hydrogen-bond acceptors (Lipinski definition) is 2. The number of nitrogens with zero attached hydrogens (tertiary/aromatic N) is 2. The summed E-state index contributed by atoms with van der Waals surface area (Å²) in [6, 6.07) is 8.06. The number of ether oxygens (including phenoxy) is 1. The summed E-state index contributed by atoms with van der Waals surface area (Å²) in [5.41, 5.74) is 3.23. The molecule has 0 saturated carbocycles. The fraction of sp³-hybridized carbons (Fsp3) is 0.381. The second-order valence-corrected chi connectivity index (χ2v) is 7.97. The lowest BCUT2D eigenvalue weighted by Gasteiger charge is -2.32. The van der Waals surface area contributed by atoms with Crippen LogP contribution in [0.2, 0.25) is 0 Å². The van der Waals surface area contributed by atoms with Crippen molar-refractivity contribution in [2.75, 3.05) is 20.2 Å². The zero-order valence-electron chi connectivity index (χ0n) is 15.7. The third-order valence-corrected chi connectivity index (χ3v) is 6.00. The van der Waals surface area contributed by atoms with E-state index in [1.807, 2.05) is 27.8 Å². The van der Waals surface area contributed by atoms with Crippen molar-refractivity contribution >= 4 is 32.7 Å². The van der Waals surface area contributed by atoms with Crippen molar-refractivity contribution in [1.82, 2.24) is 14.5 Å². The van der Waals surface area contributed by atoms with Crippen molar-refractivity contribution in [1.29, 1.82) is 0 Å². The van der Waals surface area contributed by atoms with Crippen molar-refractivity contribution in [3.05, 3.63) is 52.4 Å². The zero-order chi connectivity index (χ0) is 19.0. The number of hydrogen-bond donors (Lipinski definition) is 1. The van der Waals surface area contributed by atoms with E-state index in [0.29, 0.717) is 5.92 Å². The number of aromatic amines is 1. The molecule has 1 saturated heterocycles.